The molecule has 21 heavy (non-hydrogen) atoms. The van der Waals surface area contributed by atoms with Crippen LogP contribution in [0.1, 0.15) is 31.4 Å². The summed E-state index contributed by atoms with van der Waals surface area (Å²) >= 11 is 0. The Balaban J connectivity index is 1.98. The van der Waals surface area contributed by atoms with Gasteiger partial charge in [0, 0.05) is 30.9 Å². The van der Waals surface area contributed by atoms with Crippen molar-refractivity contribution < 1.29 is 8.42 Å². The molecule has 0 spiro atoms. The maximum atomic E-state index is 12.6. The first-order chi connectivity index (χ1) is 10.1. The van der Waals surface area contributed by atoms with Gasteiger partial charge in [0.2, 0.25) is 10.0 Å². The van der Waals surface area contributed by atoms with Gasteiger partial charge in [0.05, 0.1) is 5.75 Å². The first-order valence-electron chi connectivity index (χ1n) is 7.67. The minimum atomic E-state index is -3.20. The number of nitrogens with one attached hydrogen (secondary N) is 1. The highest BCUT2D eigenvalue weighted by Crippen LogP contribution is 2.23. The van der Waals surface area contributed by atoms with Gasteiger partial charge >= 0.3 is 0 Å². The van der Waals surface area contributed by atoms with E-state index in [1.807, 2.05) is 25.2 Å². The summed E-state index contributed by atoms with van der Waals surface area (Å²) in [6.07, 6.45) is 6.15. The molecular formula is C15H25N3O2S. The Labute approximate surface area is 127 Å². The minimum absolute atomic E-state index is 0.153. The van der Waals surface area contributed by atoms with Crippen LogP contribution in [0.3, 0.4) is 0 Å². The minimum Gasteiger partial charge on any atom is -0.320 e. The van der Waals surface area contributed by atoms with Crippen LogP contribution in [-0.4, -0.2) is 49.6 Å². The van der Waals surface area contributed by atoms with Crippen LogP contribution < -0.4 is 5.32 Å². The predicted molar refractivity (Wildman–Crippen MR) is 84.6 cm³/mol. The first kappa shape index (κ1) is 16.4. The van der Waals surface area contributed by atoms with Gasteiger partial charge in [-0.15, -0.1) is 0 Å². The number of rotatable bonds is 7. The second kappa shape index (κ2) is 7.87. The summed E-state index contributed by atoms with van der Waals surface area (Å²) < 4.78 is 27.0. The number of aromatic nitrogens is 1. The molecule has 0 aromatic carbocycles. The Morgan fingerprint density at radius 3 is 2.95 bits per heavy atom. The molecule has 1 aliphatic heterocycles. The van der Waals surface area contributed by atoms with Crippen molar-refractivity contribution in [3.8, 4) is 0 Å². The standard InChI is InChI=1S/C15H25N3O2S/c1-16-11-8-15-7-3-5-12-18(15)21(19,20)13-9-14-6-2-4-10-17-14/h2,4,6,10,15-16H,3,5,7-9,11-13H2,1H3. The Morgan fingerprint density at radius 1 is 1.38 bits per heavy atom. The molecule has 0 bridgehead atoms. The number of sulfonamides is 1. The molecule has 1 atom stereocenters. The third-order valence-corrected chi connectivity index (χ3v) is 5.92. The third kappa shape index (κ3) is 4.76. The first-order valence-corrected chi connectivity index (χ1v) is 9.28. The molecule has 2 heterocycles. The topological polar surface area (TPSA) is 62.3 Å². The van der Waals surface area contributed by atoms with Gasteiger partial charge < -0.3 is 5.32 Å². The van der Waals surface area contributed by atoms with Crippen molar-refractivity contribution in [1.82, 2.24) is 14.6 Å². The van der Waals surface area contributed by atoms with E-state index in [0.29, 0.717) is 13.0 Å². The molecule has 0 saturated carbocycles. The average Bonchev–Trinajstić information content (AvgIpc) is 2.52. The number of hydrogen-bond acceptors (Lipinski definition) is 4. The van der Waals surface area contributed by atoms with Gasteiger partial charge in [-0.2, -0.15) is 4.31 Å². The Kier molecular flexibility index (Phi) is 6.14. The lowest BCUT2D eigenvalue weighted by Crippen LogP contribution is -2.45. The van der Waals surface area contributed by atoms with E-state index in [4.69, 9.17) is 0 Å². The van der Waals surface area contributed by atoms with Crippen LogP contribution in [-0.2, 0) is 16.4 Å². The van der Waals surface area contributed by atoms with Crippen molar-refractivity contribution in [2.75, 3.05) is 25.9 Å². The van der Waals surface area contributed by atoms with E-state index in [9.17, 15) is 8.42 Å². The van der Waals surface area contributed by atoms with Crippen molar-refractivity contribution >= 4 is 10.0 Å². The van der Waals surface area contributed by atoms with E-state index in [1.165, 1.54) is 0 Å². The lowest BCUT2D eigenvalue weighted by molar-refractivity contribution is 0.240. The number of aryl methyl sites for hydroxylation is 1. The van der Waals surface area contributed by atoms with E-state index in [2.05, 4.69) is 10.3 Å². The number of pyridine rings is 1. The quantitative estimate of drug-likeness (QED) is 0.827. The van der Waals surface area contributed by atoms with Crippen LogP contribution >= 0.6 is 0 Å². The molecule has 1 unspecified atom stereocenters. The summed E-state index contributed by atoms with van der Waals surface area (Å²) in [5.41, 5.74) is 0.838. The summed E-state index contributed by atoms with van der Waals surface area (Å²) in [4.78, 5) is 4.20. The second-order valence-electron chi connectivity index (χ2n) is 5.54. The normalized spacial score (nSPS) is 20.5. The van der Waals surface area contributed by atoms with Crippen LogP contribution in [0.2, 0.25) is 0 Å². The monoisotopic (exact) mass is 311 g/mol. The average molecular weight is 311 g/mol. The lowest BCUT2D eigenvalue weighted by atomic mass is 10.0. The largest absolute Gasteiger partial charge is 0.320 e. The summed E-state index contributed by atoms with van der Waals surface area (Å²) in [7, 11) is -1.29. The summed E-state index contributed by atoms with van der Waals surface area (Å²) in [5, 5.41) is 3.11. The number of nitrogens with zero attached hydrogens (tertiary/aromatic N) is 2. The molecule has 1 fully saturated rings. The molecule has 1 N–H and O–H groups in total. The zero-order valence-corrected chi connectivity index (χ0v) is 13.5. The maximum Gasteiger partial charge on any atom is 0.214 e. The smallest absolute Gasteiger partial charge is 0.214 e. The molecular weight excluding hydrogens is 286 g/mol. The van der Waals surface area contributed by atoms with Crippen LogP contribution in [0.15, 0.2) is 24.4 Å². The van der Waals surface area contributed by atoms with E-state index >= 15 is 0 Å². The molecule has 0 radical (unpaired) electrons. The van der Waals surface area contributed by atoms with Gasteiger partial charge in [-0.05, 0) is 45.0 Å². The van der Waals surface area contributed by atoms with E-state index in [-0.39, 0.29) is 11.8 Å². The molecule has 5 nitrogen and oxygen atoms in total. The maximum absolute atomic E-state index is 12.6. The number of hydrogen-bond donors (Lipinski definition) is 1. The van der Waals surface area contributed by atoms with Crippen molar-refractivity contribution in [1.29, 1.82) is 0 Å². The van der Waals surface area contributed by atoms with Gasteiger partial charge in [0.1, 0.15) is 0 Å². The molecule has 1 aromatic rings. The highest BCUT2D eigenvalue weighted by molar-refractivity contribution is 7.89. The van der Waals surface area contributed by atoms with Crippen molar-refractivity contribution in [2.24, 2.45) is 0 Å². The molecule has 0 aliphatic carbocycles. The zero-order chi connectivity index (χ0) is 15.1. The molecule has 0 amide bonds. The highest BCUT2D eigenvalue weighted by Gasteiger charge is 2.31. The SMILES string of the molecule is CNCCC1CCCCN1S(=O)(=O)CCc1ccccn1. The Hall–Kier alpha value is -0.980. The van der Waals surface area contributed by atoms with Gasteiger partial charge in [-0.3, -0.25) is 4.98 Å². The van der Waals surface area contributed by atoms with Crippen molar-refractivity contribution in [3.63, 3.8) is 0 Å². The molecule has 118 valence electrons. The van der Waals surface area contributed by atoms with Crippen molar-refractivity contribution in [2.45, 2.75) is 38.1 Å². The number of piperidine rings is 1. The van der Waals surface area contributed by atoms with Crippen molar-refractivity contribution in [3.05, 3.63) is 30.1 Å². The lowest BCUT2D eigenvalue weighted by Gasteiger charge is -2.34. The summed E-state index contributed by atoms with van der Waals surface area (Å²) in [6.45, 7) is 1.52. The van der Waals surface area contributed by atoms with Crippen LogP contribution in [0.5, 0.6) is 0 Å². The van der Waals surface area contributed by atoms with Gasteiger partial charge in [0.15, 0.2) is 0 Å². The van der Waals surface area contributed by atoms with E-state index in [0.717, 1.165) is 37.9 Å². The molecule has 2 rings (SSSR count). The highest BCUT2D eigenvalue weighted by atomic mass is 32.2. The molecule has 1 saturated heterocycles. The Bertz CT molecular complexity index is 519. The van der Waals surface area contributed by atoms with Crippen LogP contribution in [0.25, 0.3) is 0 Å². The molecule has 1 aliphatic rings. The van der Waals surface area contributed by atoms with Gasteiger partial charge in [-0.1, -0.05) is 12.5 Å². The fraction of sp³-hybridized carbons (Fsp3) is 0.667. The zero-order valence-electron chi connectivity index (χ0n) is 12.7. The van der Waals surface area contributed by atoms with E-state index < -0.39 is 10.0 Å². The van der Waals surface area contributed by atoms with Gasteiger partial charge in [-0.25, -0.2) is 8.42 Å². The fourth-order valence-corrected chi connectivity index (χ4v) is 4.61. The summed E-state index contributed by atoms with van der Waals surface area (Å²) in [5.74, 6) is 0.153. The summed E-state index contributed by atoms with van der Waals surface area (Å²) in [6, 6.07) is 5.77. The van der Waals surface area contributed by atoms with E-state index in [1.54, 1.807) is 10.5 Å². The molecule has 1 aromatic heterocycles. The van der Waals surface area contributed by atoms with Crippen LogP contribution in [0.4, 0.5) is 0 Å². The third-order valence-electron chi connectivity index (χ3n) is 4.00. The van der Waals surface area contributed by atoms with Crippen LogP contribution in [0, 0.1) is 0 Å². The second-order valence-corrected chi connectivity index (χ2v) is 7.58. The van der Waals surface area contributed by atoms with Gasteiger partial charge in [0.25, 0.3) is 0 Å². The predicted octanol–water partition coefficient (Wildman–Crippen LogP) is 1.42. The Morgan fingerprint density at radius 2 is 2.24 bits per heavy atom. The fourth-order valence-electron chi connectivity index (χ4n) is 2.84. The molecule has 6 heteroatoms.